The number of likely N-dealkylation sites (tertiary alicyclic amines) is 1. The van der Waals surface area contributed by atoms with Crippen molar-refractivity contribution >= 4 is 11.9 Å². The van der Waals surface area contributed by atoms with Crippen LogP contribution in [-0.4, -0.2) is 58.3 Å². The molecule has 1 amide bonds. The lowest BCUT2D eigenvalue weighted by atomic mass is 9.74. The van der Waals surface area contributed by atoms with Crippen molar-refractivity contribution in [2.45, 2.75) is 26.2 Å². The quantitative estimate of drug-likeness (QED) is 0.850. The molecule has 2 aliphatic rings. The van der Waals surface area contributed by atoms with E-state index in [1.807, 2.05) is 0 Å². The first-order chi connectivity index (χ1) is 10.5. The molecule has 0 aromatic carbocycles. The predicted molar refractivity (Wildman–Crippen MR) is 72.9 cm³/mol. The van der Waals surface area contributed by atoms with Crippen molar-refractivity contribution < 1.29 is 24.0 Å². The number of hydrogen-bond donors (Lipinski definition) is 1. The Balaban J connectivity index is 1.63. The second-order valence-electron chi connectivity index (χ2n) is 5.99. The highest BCUT2D eigenvalue weighted by molar-refractivity contribution is 5.81. The lowest BCUT2D eigenvalue weighted by Crippen LogP contribution is -2.45. The highest BCUT2D eigenvalue weighted by Gasteiger charge is 2.54. The zero-order chi connectivity index (χ0) is 15.7. The van der Waals surface area contributed by atoms with Crippen LogP contribution in [0.1, 0.15) is 24.6 Å². The lowest BCUT2D eigenvalue weighted by molar-refractivity contribution is -0.157. The zero-order valence-electron chi connectivity index (χ0n) is 12.4. The third-order valence-electron chi connectivity index (χ3n) is 4.61. The summed E-state index contributed by atoms with van der Waals surface area (Å²) in [5.41, 5.74) is -0.852. The second kappa shape index (κ2) is 5.68. The molecule has 8 heteroatoms. The molecule has 3 heterocycles. The van der Waals surface area contributed by atoms with Gasteiger partial charge in [0.25, 0.3) is 0 Å². The Labute approximate surface area is 127 Å². The molecule has 0 saturated carbocycles. The normalized spacial score (nSPS) is 27.7. The molecule has 0 aliphatic carbocycles. The van der Waals surface area contributed by atoms with Gasteiger partial charge in [-0.2, -0.15) is 4.98 Å². The van der Waals surface area contributed by atoms with Gasteiger partial charge in [-0.1, -0.05) is 5.16 Å². The monoisotopic (exact) mass is 309 g/mol. The van der Waals surface area contributed by atoms with Crippen LogP contribution < -0.4 is 0 Å². The molecule has 2 fully saturated rings. The van der Waals surface area contributed by atoms with E-state index in [2.05, 4.69) is 10.1 Å². The summed E-state index contributed by atoms with van der Waals surface area (Å²) in [6.45, 7) is 3.26. The number of aryl methyl sites for hydroxylation is 2. The van der Waals surface area contributed by atoms with Crippen molar-refractivity contribution in [3.63, 3.8) is 0 Å². The maximum atomic E-state index is 12.3. The van der Waals surface area contributed by atoms with Crippen LogP contribution in [0.2, 0.25) is 0 Å². The van der Waals surface area contributed by atoms with Gasteiger partial charge in [0.2, 0.25) is 11.8 Å². The van der Waals surface area contributed by atoms with Crippen molar-refractivity contribution in [1.29, 1.82) is 0 Å². The number of fused-ring (bicyclic) bond motifs is 1. The fourth-order valence-corrected chi connectivity index (χ4v) is 3.30. The van der Waals surface area contributed by atoms with Crippen LogP contribution in [-0.2, 0) is 20.7 Å². The summed E-state index contributed by atoms with van der Waals surface area (Å²) in [5, 5.41) is 13.3. The van der Waals surface area contributed by atoms with Crippen LogP contribution in [0.3, 0.4) is 0 Å². The summed E-state index contributed by atoms with van der Waals surface area (Å²) in [6, 6.07) is 0. The number of carboxylic acids is 1. The summed E-state index contributed by atoms with van der Waals surface area (Å²) in [5.74, 6) is -0.0711. The standard InChI is InChI=1S/C14H19N3O5/c1-9-15-11(22-16-9)2-3-12(18)17-6-10-7-21-5-4-14(10,8-17)13(19)20/h10H,2-8H2,1H3,(H,19,20)/t10-,14+/m0/s1. The number of ether oxygens (including phenoxy) is 1. The molecule has 2 atom stereocenters. The van der Waals surface area contributed by atoms with E-state index in [1.165, 1.54) is 0 Å². The van der Waals surface area contributed by atoms with Crippen LogP contribution in [0.4, 0.5) is 0 Å². The van der Waals surface area contributed by atoms with E-state index in [0.717, 1.165) is 0 Å². The number of nitrogens with zero attached hydrogens (tertiary/aromatic N) is 3. The third-order valence-corrected chi connectivity index (χ3v) is 4.61. The van der Waals surface area contributed by atoms with Gasteiger partial charge < -0.3 is 19.3 Å². The number of rotatable bonds is 4. The van der Waals surface area contributed by atoms with E-state index < -0.39 is 11.4 Å². The van der Waals surface area contributed by atoms with Crippen molar-refractivity contribution in [3.05, 3.63) is 11.7 Å². The average molecular weight is 309 g/mol. The molecule has 1 N–H and O–H groups in total. The highest BCUT2D eigenvalue weighted by atomic mass is 16.5. The minimum absolute atomic E-state index is 0.0779. The van der Waals surface area contributed by atoms with Crippen LogP contribution >= 0.6 is 0 Å². The van der Waals surface area contributed by atoms with E-state index in [4.69, 9.17) is 9.26 Å². The fraction of sp³-hybridized carbons (Fsp3) is 0.714. The highest BCUT2D eigenvalue weighted by Crippen LogP contribution is 2.42. The van der Waals surface area contributed by atoms with E-state index in [-0.39, 0.29) is 24.8 Å². The average Bonchev–Trinajstić information content (AvgIpc) is 3.08. The summed E-state index contributed by atoms with van der Waals surface area (Å²) in [4.78, 5) is 29.7. The first kappa shape index (κ1) is 15.0. The number of carbonyl (C=O) groups is 2. The lowest BCUT2D eigenvalue weighted by Gasteiger charge is -2.33. The topological polar surface area (TPSA) is 106 Å². The van der Waals surface area contributed by atoms with Gasteiger partial charge in [-0.3, -0.25) is 9.59 Å². The van der Waals surface area contributed by atoms with Crippen LogP contribution in [0.25, 0.3) is 0 Å². The Kier molecular flexibility index (Phi) is 3.86. The van der Waals surface area contributed by atoms with E-state index in [9.17, 15) is 14.7 Å². The summed E-state index contributed by atoms with van der Waals surface area (Å²) < 4.78 is 10.4. The first-order valence-corrected chi connectivity index (χ1v) is 7.39. The number of aliphatic carboxylic acids is 1. The number of amides is 1. The predicted octanol–water partition coefficient (Wildman–Crippen LogP) is 0.260. The van der Waals surface area contributed by atoms with Gasteiger partial charge in [-0.15, -0.1) is 0 Å². The molecule has 0 spiro atoms. The fourth-order valence-electron chi connectivity index (χ4n) is 3.30. The number of carboxylic acid groups (broad SMARTS) is 1. The third kappa shape index (κ3) is 2.58. The van der Waals surface area contributed by atoms with Crippen molar-refractivity contribution in [1.82, 2.24) is 15.0 Å². The van der Waals surface area contributed by atoms with Gasteiger partial charge in [-0.25, -0.2) is 0 Å². The SMILES string of the molecule is Cc1noc(CCC(=O)N2C[C@H]3COCC[C@@]3(C(=O)O)C2)n1. The Morgan fingerprint density at radius 1 is 1.50 bits per heavy atom. The number of carbonyl (C=O) groups excluding carboxylic acids is 1. The van der Waals surface area contributed by atoms with Gasteiger partial charge in [0, 0.05) is 38.5 Å². The molecule has 22 heavy (non-hydrogen) atoms. The summed E-state index contributed by atoms with van der Waals surface area (Å²) >= 11 is 0. The van der Waals surface area contributed by atoms with E-state index in [1.54, 1.807) is 11.8 Å². The minimum atomic E-state index is -0.852. The smallest absolute Gasteiger partial charge is 0.311 e. The van der Waals surface area contributed by atoms with Crippen molar-refractivity contribution in [2.24, 2.45) is 11.3 Å². The van der Waals surface area contributed by atoms with Crippen LogP contribution in [0.15, 0.2) is 4.52 Å². The van der Waals surface area contributed by atoms with Gasteiger partial charge in [-0.05, 0) is 13.3 Å². The molecule has 1 aromatic rings. The van der Waals surface area contributed by atoms with Gasteiger partial charge in [0.05, 0.1) is 12.0 Å². The molecule has 2 saturated heterocycles. The Morgan fingerprint density at radius 2 is 2.32 bits per heavy atom. The van der Waals surface area contributed by atoms with Crippen molar-refractivity contribution in [2.75, 3.05) is 26.3 Å². The van der Waals surface area contributed by atoms with Crippen LogP contribution in [0.5, 0.6) is 0 Å². The molecule has 1 aromatic heterocycles. The van der Waals surface area contributed by atoms with Gasteiger partial charge >= 0.3 is 5.97 Å². The molecule has 2 aliphatic heterocycles. The maximum Gasteiger partial charge on any atom is 0.311 e. The summed E-state index contributed by atoms with van der Waals surface area (Å²) in [7, 11) is 0. The Morgan fingerprint density at radius 3 is 2.95 bits per heavy atom. The molecule has 3 rings (SSSR count). The molecule has 0 unspecified atom stereocenters. The molecule has 0 radical (unpaired) electrons. The largest absolute Gasteiger partial charge is 0.481 e. The van der Waals surface area contributed by atoms with E-state index >= 15 is 0 Å². The van der Waals surface area contributed by atoms with Gasteiger partial charge in [0.15, 0.2) is 5.82 Å². The van der Waals surface area contributed by atoms with E-state index in [0.29, 0.717) is 44.3 Å². The second-order valence-corrected chi connectivity index (χ2v) is 5.99. The summed E-state index contributed by atoms with van der Waals surface area (Å²) in [6.07, 6.45) is 1.07. The maximum absolute atomic E-state index is 12.3. The molecular formula is C14H19N3O5. The minimum Gasteiger partial charge on any atom is -0.481 e. The van der Waals surface area contributed by atoms with Gasteiger partial charge in [0.1, 0.15) is 0 Å². The van der Waals surface area contributed by atoms with Crippen molar-refractivity contribution in [3.8, 4) is 0 Å². The molecule has 120 valence electrons. The number of hydrogen-bond acceptors (Lipinski definition) is 6. The zero-order valence-corrected chi connectivity index (χ0v) is 12.4. The molecule has 0 bridgehead atoms. The molecular weight excluding hydrogens is 290 g/mol. The first-order valence-electron chi connectivity index (χ1n) is 7.39. The Hall–Kier alpha value is -1.96. The Bertz CT molecular complexity index is 587. The number of aromatic nitrogens is 2. The van der Waals surface area contributed by atoms with Crippen LogP contribution in [0, 0.1) is 18.3 Å². The molecule has 8 nitrogen and oxygen atoms in total.